The van der Waals surface area contributed by atoms with Gasteiger partial charge >= 0.3 is 0 Å². The molecule has 2 heteroatoms. The first-order valence-corrected chi connectivity index (χ1v) is 25.0. The second-order valence-electron chi connectivity index (χ2n) is 20.0. The van der Waals surface area contributed by atoms with Crippen LogP contribution in [-0.4, -0.2) is 0 Å². The minimum Gasteiger partial charge on any atom is -0.198 e. The van der Waals surface area contributed by atoms with Crippen molar-refractivity contribution in [3.63, 3.8) is 0 Å². The van der Waals surface area contributed by atoms with Crippen molar-refractivity contribution >= 4 is 21.5 Å². The smallest absolute Gasteiger partial charge is 0.198 e. The van der Waals surface area contributed by atoms with Crippen LogP contribution in [-0.2, 0) is 18.4 Å². The van der Waals surface area contributed by atoms with Gasteiger partial charge in [0.25, 0.3) is 0 Å². The molecule has 0 amide bonds. The Morgan fingerprint density at radius 3 is 2.03 bits per heavy atom. The molecule has 1 fully saturated rings. The third kappa shape index (κ3) is 6.02. The molecule has 3 aliphatic rings. The Morgan fingerprint density at radius 2 is 1.16 bits per heavy atom. The Kier molecular flexibility index (Phi) is 9.51. The van der Waals surface area contributed by atoms with E-state index in [4.69, 9.17) is 0 Å². The highest BCUT2D eigenvalue weighted by atomic mass is 15.2. The van der Waals surface area contributed by atoms with E-state index in [1.54, 1.807) is 0 Å². The molecule has 0 saturated heterocycles. The zero-order valence-corrected chi connectivity index (χ0v) is 39.3. The second kappa shape index (κ2) is 15.8. The SMILES string of the molecule is CCCCc1cccc2c3[n+](ccc12)C1C(C)(CC)C1(C1C[n+]2ccccc2-c2cc(-c4cccc(-c5cc(-c6ccccc6)cc(-c6cccc7ccccc67)c5)c4)ccc21)c1ccccc1-3. The molecule has 328 valence electrons. The van der Waals surface area contributed by atoms with E-state index in [1.807, 2.05) is 0 Å². The van der Waals surface area contributed by atoms with Crippen molar-refractivity contribution in [2.24, 2.45) is 5.41 Å². The quantitative estimate of drug-likeness (QED) is 0.128. The fourth-order valence-electron chi connectivity index (χ4n) is 13.4. The fourth-order valence-corrected chi connectivity index (χ4v) is 13.4. The molecule has 68 heavy (non-hydrogen) atoms. The van der Waals surface area contributed by atoms with Gasteiger partial charge in [-0.2, -0.15) is 9.13 Å². The van der Waals surface area contributed by atoms with Crippen LogP contribution in [0.4, 0.5) is 0 Å². The number of pyridine rings is 2. The predicted octanol–water partition coefficient (Wildman–Crippen LogP) is 15.9. The number of aryl methyl sites for hydroxylation is 1. The van der Waals surface area contributed by atoms with Crippen LogP contribution in [0.2, 0.25) is 0 Å². The van der Waals surface area contributed by atoms with E-state index in [1.165, 1.54) is 118 Å². The van der Waals surface area contributed by atoms with Crippen molar-refractivity contribution in [2.45, 2.75) is 70.4 Å². The molecule has 2 nitrogen and oxygen atoms in total. The van der Waals surface area contributed by atoms with Gasteiger partial charge in [0.15, 0.2) is 25.0 Å². The first-order valence-electron chi connectivity index (χ1n) is 25.0. The molecule has 4 heterocycles. The Balaban J connectivity index is 0.946. The highest BCUT2D eigenvalue weighted by Crippen LogP contribution is 2.80. The summed E-state index contributed by atoms with van der Waals surface area (Å²) in [4.78, 5) is 0. The minimum absolute atomic E-state index is 0.0491. The number of hydrogen-bond acceptors (Lipinski definition) is 0. The summed E-state index contributed by atoms with van der Waals surface area (Å²) in [6.45, 7) is 8.28. The van der Waals surface area contributed by atoms with E-state index >= 15 is 0 Å². The van der Waals surface area contributed by atoms with Crippen molar-refractivity contribution in [1.29, 1.82) is 0 Å². The van der Waals surface area contributed by atoms with Gasteiger partial charge in [0.1, 0.15) is 0 Å². The van der Waals surface area contributed by atoms with Crippen molar-refractivity contribution < 1.29 is 9.13 Å². The van der Waals surface area contributed by atoms with Crippen LogP contribution in [0, 0.1) is 5.41 Å². The lowest BCUT2D eigenvalue weighted by atomic mass is 9.67. The van der Waals surface area contributed by atoms with Gasteiger partial charge in [-0.05, 0) is 145 Å². The van der Waals surface area contributed by atoms with Crippen molar-refractivity contribution in [1.82, 2.24) is 0 Å². The van der Waals surface area contributed by atoms with Crippen LogP contribution in [0.5, 0.6) is 0 Å². The first-order chi connectivity index (χ1) is 33.5. The lowest BCUT2D eigenvalue weighted by molar-refractivity contribution is -0.706. The molecule has 13 rings (SSSR count). The molecular formula is C66H56N2+2. The van der Waals surface area contributed by atoms with Crippen LogP contribution < -0.4 is 9.13 Å². The number of nitrogens with zero attached hydrogens (tertiary/aromatic N) is 2. The Bertz CT molecular complexity index is 3620. The maximum atomic E-state index is 2.72. The molecule has 0 bridgehead atoms. The van der Waals surface area contributed by atoms with Gasteiger partial charge in [0.2, 0.25) is 11.4 Å². The standard InChI is InChI=1S/C66H56N2/c1-4-6-19-45-24-18-30-57-55(45)35-37-68-63(57)58-28-12-13-31-60(58)66(64(68)65(66,3)5-2)61-43-67-36-15-14-32-62(67)59-42-49(33-34-56(59)61)47-25-16-26-48(38-47)51-39-50(44-20-8-7-9-21-44)40-52(41-51)54-29-17-23-46-22-10-11-27-53(46)54/h7-18,20-42,61,64H,4-6,19,43H2,1-3H3/q+2. The van der Waals surface area contributed by atoms with Crippen LogP contribution in [0.15, 0.2) is 213 Å². The average Bonchev–Trinajstić information content (AvgIpc) is 3.99. The second-order valence-corrected chi connectivity index (χ2v) is 20.0. The lowest BCUT2D eigenvalue weighted by Gasteiger charge is -2.35. The van der Waals surface area contributed by atoms with Crippen molar-refractivity contribution in [3.8, 4) is 67.0 Å². The molecular weight excluding hydrogens is 821 g/mol. The number of rotatable bonds is 9. The van der Waals surface area contributed by atoms with E-state index in [0.717, 1.165) is 19.4 Å². The van der Waals surface area contributed by atoms with Gasteiger partial charge in [0.05, 0.1) is 27.8 Å². The number of fused-ring (bicyclic) bond motifs is 12. The number of benzene rings is 8. The van der Waals surface area contributed by atoms with Crippen molar-refractivity contribution in [2.75, 3.05) is 0 Å². The summed E-state index contributed by atoms with van der Waals surface area (Å²) in [6, 6.07) is 76.1. The molecule has 1 aliphatic carbocycles. The molecule has 1 saturated carbocycles. The molecule has 4 unspecified atom stereocenters. The number of unbranched alkanes of at least 4 members (excludes halogenated alkanes) is 1. The highest BCUT2D eigenvalue weighted by Gasteiger charge is 2.85. The maximum Gasteiger partial charge on any atom is 0.220 e. The van der Waals surface area contributed by atoms with Crippen LogP contribution >= 0.6 is 0 Å². The van der Waals surface area contributed by atoms with E-state index < -0.39 is 0 Å². The molecule has 0 N–H and O–H groups in total. The lowest BCUT2D eigenvalue weighted by Crippen LogP contribution is -2.49. The fraction of sp³-hybridized carbons (Fsp3) is 0.182. The van der Waals surface area contributed by atoms with Crippen LogP contribution in [0.3, 0.4) is 0 Å². The maximum absolute atomic E-state index is 2.72. The van der Waals surface area contributed by atoms with E-state index in [2.05, 4.69) is 242 Å². The molecule has 10 aromatic rings. The molecule has 2 aliphatic heterocycles. The van der Waals surface area contributed by atoms with Gasteiger partial charge in [-0.15, -0.1) is 0 Å². The zero-order valence-electron chi connectivity index (χ0n) is 39.3. The topological polar surface area (TPSA) is 7.76 Å². The zero-order chi connectivity index (χ0) is 45.6. The molecule has 8 aromatic carbocycles. The van der Waals surface area contributed by atoms with Crippen LogP contribution in [0.1, 0.15) is 68.7 Å². The Labute approximate surface area is 400 Å². The van der Waals surface area contributed by atoms with E-state index in [9.17, 15) is 0 Å². The average molecular weight is 877 g/mol. The third-order valence-electron chi connectivity index (χ3n) is 16.7. The van der Waals surface area contributed by atoms with Gasteiger partial charge in [-0.25, -0.2) is 0 Å². The predicted molar refractivity (Wildman–Crippen MR) is 281 cm³/mol. The summed E-state index contributed by atoms with van der Waals surface area (Å²) in [7, 11) is 0. The third-order valence-corrected chi connectivity index (χ3v) is 16.7. The number of hydrogen-bond donors (Lipinski definition) is 0. The first kappa shape index (κ1) is 40.8. The van der Waals surface area contributed by atoms with Gasteiger partial charge in [-0.3, -0.25) is 0 Å². The van der Waals surface area contributed by atoms with Gasteiger partial charge < -0.3 is 0 Å². The molecule has 2 aromatic heterocycles. The van der Waals surface area contributed by atoms with Gasteiger partial charge in [-0.1, -0.05) is 161 Å². The molecule has 0 spiro atoms. The monoisotopic (exact) mass is 876 g/mol. The minimum atomic E-state index is -0.0915. The molecule has 0 radical (unpaired) electrons. The van der Waals surface area contributed by atoms with E-state index in [-0.39, 0.29) is 16.7 Å². The summed E-state index contributed by atoms with van der Waals surface area (Å²) in [5.41, 5.74) is 19.7. The van der Waals surface area contributed by atoms with Crippen LogP contribution in [0.25, 0.3) is 88.6 Å². The largest absolute Gasteiger partial charge is 0.220 e. The summed E-state index contributed by atoms with van der Waals surface area (Å²) < 4.78 is 5.28. The summed E-state index contributed by atoms with van der Waals surface area (Å²) >= 11 is 0. The Hall–Kier alpha value is -7.42. The van der Waals surface area contributed by atoms with Crippen molar-refractivity contribution in [3.05, 3.63) is 229 Å². The molecule has 4 atom stereocenters. The highest BCUT2D eigenvalue weighted by molar-refractivity contribution is 5.99. The summed E-state index contributed by atoms with van der Waals surface area (Å²) in [6.07, 6.45) is 9.42. The number of aromatic nitrogens is 2. The van der Waals surface area contributed by atoms with Gasteiger partial charge in [0, 0.05) is 23.6 Å². The normalized spacial score (nSPS) is 19.7. The Morgan fingerprint density at radius 1 is 0.500 bits per heavy atom. The van der Waals surface area contributed by atoms with E-state index in [0.29, 0.717) is 6.04 Å². The summed E-state index contributed by atoms with van der Waals surface area (Å²) in [5.74, 6) is 0.273. The summed E-state index contributed by atoms with van der Waals surface area (Å²) in [5, 5.41) is 5.32.